The molecule has 238 valence electrons. The Morgan fingerprint density at radius 3 is 2.53 bits per heavy atom. The van der Waals surface area contributed by atoms with E-state index < -0.39 is 11.2 Å². The van der Waals surface area contributed by atoms with Crippen molar-refractivity contribution in [2.24, 2.45) is 34.5 Å². The molecule has 5 fully saturated rings. The first-order valence-electron chi connectivity index (χ1n) is 16.8. The third-order valence-corrected chi connectivity index (χ3v) is 12.8. The van der Waals surface area contributed by atoms with Crippen molar-refractivity contribution in [1.82, 2.24) is 10.2 Å². The normalized spacial score (nSPS) is 41.0. The van der Waals surface area contributed by atoms with Crippen molar-refractivity contribution in [2.45, 2.75) is 128 Å². The Bertz CT molecular complexity index is 1270. The maximum atomic E-state index is 13.4. The second kappa shape index (κ2) is 10.9. The summed E-state index contributed by atoms with van der Waals surface area (Å²) in [4.78, 5) is 39.3. The molecular formula is C35H52N2O6. The van der Waals surface area contributed by atoms with Crippen molar-refractivity contribution in [3.8, 4) is 0 Å². The number of carbonyl (C=O) groups is 2. The second-order valence-electron chi connectivity index (χ2n) is 16.1. The van der Waals surface area contributed by atoms with Crippen LogP contribution in [0.15, 0.2) is 27.6 Å². The largest absolute Gasteiger partial charge is 0.444 e. The smallest absolute Gasteiger partial charge is 0.410 e. The van der Waals surface area contributed by atoms with E-state index in [4.69, 9.17) is 9.15 Å². The van der Waals surface area contributed by atoms with Gasteiger partial charge in [-0.25, -0.2) is 9.59 Å². The molecule has 2 N–H and O–H groups in total. The van der Waals surface area contributed by atoms with Crippen LogP contribution in [0.4, 0.5) is 4.79 Å². The first kappa shape index (κ1) is 30.7. The maximum Gasteiger partial charge on any atom is 0.410 e. The van der Waals surface area contributed by atoms with Gasteiger partial charge in [-0.2, -0.15) is 0 Å². The van der Waals surface area contributed by atoms with Crippen molar-refractivity contribution in [3.63, 3.8) is 0 Å². The number of fused-ring (bicyclic) bond motifs is 5. The van der Waals surface area contributed by atoms with E-state index in [0.717, 1.165) is 76.2 Å². The molecule has 2 heterocycles. The molecule has 1 aromatic rings. The molecular weight excluding hydrogens is 544 g/mol. The Balaban J connectivity index is 1.09. The van der Waals surface area contributed by atoms with Crippen LogP contribution in [-0.2, 0) is 9.53 Å². The fraction of sp³-hybridized carbons (Fsp3) is 0.800. The summed E-state index contributed by atoms with van der Waals surface area (Å²) in [6, 6.07) is 3.58. The van der Waals surface area contributed by atoms with Gasteiger partial charge in [0.25, 0.3) is 0 Å². The lowest BCUT2D eigenvalue weighted by molar-refractivity contribution is -0.202. The highest BCUT2D eigenvalue weighted by molar-refractivity contribution is 5.80. The Morgan fingerprint density at radius 1 is 1.02 bits per heavy atom. The van der Waals surface area contributed by atoms with Crippen LogP contribution in [-0.4, -0.2) is 52.3 Å². The fourth-order valence-corrected chi connectivity index (χ4v) is 10.5. The third kappa shape index (κ3) is 5.33. The minimum Gasteiger partial charge on any atom is -0.444 e. The molecule has 43 heavy (non-hydrogen) atoms. The number of likely N-dealkylation sites (tertiary alicyclic amines) is 1. The molecule has 2 amide bonds. The van der Waals surface area contributed by atoms with Crippen LogP contribution in [0.2, 0.25) is 0 Å². The molecule has 1 aromatic heterocycles. The molecule has 1 aliphatic heterocycles. The lowest BCUT2D eigenvalue weighted by atomic mass is 9.43. The molecule has 1 saturated heterocycles. The number of aliphatic hydroxyl groups is 1. The standard InChI is InChI=1S/C35H52N2O6/c1-32(2,3)43-31(40)37-18-6-7-22(20-37)30(39)36-25-12-15-33(4)24(19-25)9-10-28-27(33)13-16-34(5)26(14-17-35(28,34)41)23-8-11-29(38)42-21-23/h8,11,21-22,24-28,41H,6-7,9-10,12-20H2,1-5H3,(H,36,39)/t22-,24-,25+,26-,27+,28-,33+,34-,35+/m1/s1. The molecule has 0 aromatic carbocycles. The van der Waals surface area contributed by atoms with Crippen molar-refractivity contribution < 1.29 is 23.8 Å². The Labute approximate surface area is 256 Å². The van der Waals surface area contributed by atoms with Gasteiger partial charge in [0.1, 0.15) is 5.60 Å². The number of amides is 2. The van der Waals surface area contributed by atoms with Crippen LogP contribution in [0.3, 0.4) is 0 Å². The topological polar surface area (TPSA) is 109 Å². The highest BCUT2D eigenvalue weighted by atomic mass is 16.6. The van der Waals surface area contributed by atoms with Gasteiger partial charge >= 0.3 is 11.7 Å². The summed E-state index contributed by atoms with van der Waals surface area (Å²) in [5.41, 5.74) is -0.610. The maximum absolute atomic E-state index is 13.4. The summed E-state index contributed by atoms with van der Waals surface area (Å²) < 4.78 is 10.8. The molecule has 0 bridgehead atoms. The summed E-state index contributed by atoms with van der Waals surface area (Å²) in [6.45, 7) is 11.4. The van der Waals surface area contributed by atoms with Crippen LogP contribution in [0.25, 0.3) is 0 Å². The van der Waals surface area contributed by atoms with Gasteiger partial charge in [-0.05, 0) is 132 Å². The van der Waals surface area contributed by atoms with Crippen molar-refractivity contribution in [3.05, 3.63) is 34.4 Å². The van der Waals surface area contributed by atoms with Gasteiger partial charge in [0, 0.05) is 30.6 Å². The van der Waals surface area contributed by atoms with Crippen LogP contribution in [0.1, 0.15) is 117 Å². The van der Waals surface area contributed by atoms with E-state index in [0.29, 0.717) is 24.9 Å². The van der Waals surface area contributed by atoms with Gasteiger partial charge in [0.15, 0.2) is 0 Å². The quantitative estimate of drug-likeness (QED) is 0.442. The monoisotopic (exact) mass is 596 g/mol. The van der Waals surface area contributed by atoms with Gasteiger partial charge in [-0.1, -0.05) is 13.8 Å². The van der Waals surface area contributed by atoms with Crippen molar-refractivity contribution in [1.29, 1.82) is 0 Å². The SMILES string of the molecule is CC(C)(C)OC(=O)N1CCC[C@@H](C(=O)N[C@H]2CC[C@@]3(C)[C@H](CC[C@@H]4[C@@H]3CC[C@]3(C)[C@@H](c5ccc(=O)oc5)CC[C@]43O)C2)C1. The van der Waals surface area contributed by atoms with Gasteiger partial charge < -0.3 is 24.5 Å². The first-order valence-corrected chi connectivity index (χ1v) is 16.8. The number of ether oxygens (including phenoxy) is 1. The highest BCUT2D eigenvalue weighted by Crippen LogP contribution is 2.70. The van der Waals surface area contributed by atoms with E-state index >= 15 is 0 Å². The predicted molar refractivity (Wildman–Crippen MR) is 163 cm³/mol. The number of rotatable bonds is 3. The van der Waals surface area contributed by atoms with E-state index in [1.165, 1.54) is 6.07 Å². The van der Waals surface area contributed by atoms with Crippen LogP contribution >= 0.6 is 0 Å². The van der Waals surface area contributed by atoms with E-state index in [-0.39, 0.29) is 52.3 Å². The zero-order valence-corrected chi connectivity index (χ0v) is 26.8. The predicted octanol–water partition coefficient (Wildman–Crippen LogP) is 6.01. The van der Waals surface area contributed by atoms with Crippen LogP contribution in [0, 0.1) is 34.5 Å². The number of hydrogen-bond acceptors (Lipinski definition) is 6. The summed E-state index contributed by atoms with van der Waals surface area (Å²) in [5, 5.41) is 15.9. The van der Waals surface area contributed by atoms with Gasteiger partial charge in [0.2, 0.25) is 5.91 Å². The lowest BCUT2D eigenvalue weighted by Crippen LogP contribution is -2.62. The number of hydrogen-bond donors (Lipinski definition) is 2. The molecule has 4 saturated carbocycles. The molecule has 0 radical (unpaired) electrons. The lowest BCUT2D eigenvalue weighted by Gasteiger charge is -2.63. The average Bonchev–Trinajstić information content (AvgIpc) is 3.24. The molecule has 8 nitrogen and oxygen atoms in total. The highest BCUT2D eigenvalue weighted by Gasteiger charge is 2.67. The fourth-order valence-electron chi connectivity index (χ4n) is 10.5. The molecule has 9 atom stereocenters. The summed E-state index contributed by atoms with van der Waals surface area (Å²) in [5.74, 6) is 1.38. The minimum absolute atomic E-state index is 0.0760. The van der Waals surface area contributed by atoms with E-state index in [2.05, 4.69) is 19.2 Å². The number of nitrogens with one attached hydrogen (secondary N) is 1. The first-order chi connectivity index (χ1) is 20.2. The van der Waals surface area contributed by atoms with Crippen molar-refractivity contribution in [2.75, 3.05) is 13.1 Å². The van der Waals surface area contributed by atoms with Gasteiger partial charge in [0.05, 0.1) is 17.8 Å². The van der Waals surface area contributed by atoms with E-state index in [9.17, 15) is 19.5 Å². The average molecular weight is 597 g/mol. The molecule has 0 spiro atoms. The molecule has 0 unspecified atom stereocenters. The summed E-state index contributed by atoms with van der Waals surface area (Å²) in [6.07, 6.45) is 11.9. The Hall–Kier alpha value is -2.35. The van der Waals surface area contributed by atoms with Crippen molar-refractivity contribution >= 4 is 12.0 Å². The summed E-state index contributed by atoms with van der Waals surface area (Å²) >= 11 is 0. The molecule has 6 rings (SSSR count). The molecule has 4 aliphatic carbocycles. The van der Waals surface area contributed by atoms with Crippen LogP contribution < -0.4 is 10.9 Å². The van der Waals surface area contributed by atoms with Gasteiger partial charge in [-0.3, -0.25) is 4.79 Å². The Kier molecular flexibility index (Phi) is 7.79. The van der Waals surface area contributed by atoms with E-state index in [1.807, 2.05) is 26.8 Å². The number of nitrogens with zero attached hydrogens (tertiary/aromatic N) is 1. The summed E-state index contributed by atoms with van der Waals surface area (Å²) in [7, 11) is 0. The second-order valence-corrected chi connectivity index (χ2v) is 16.1. The number of piperidine rings is 1. The number of carbonyl (C=O) groups excluding carboxylic acids is 2. The zero-order valence-electron chi connectivity index (χ0n) is 26.8. The zero-order chi connectivity index (χ0) is 30.8. The third-order valence-electron chi connectivity index (χ3n) is 12.8. The molecule has 5 aliphatic rings. The molecule has 8 heteroatoms. The Morgan fingerprint density at radius 2 is 1.81 bits per heavy atom. The van der Waals surface area contributed by atoms with E-state index in [1.54, 1.807) is 11.2 Å². The van der Waals surface area contributed by atoms with Crippen LogP contribution in [0.5, 0.6) is 0 Å². The van der Waals surface area contributed by atoms with Gasteiger partial charge in [-0.15, -0.1) is 0 Å². The minimum atomic E-state index is -0.712.